The van der Waals surface area contributed by atoms with Crippen molar-refractivity contribution in [3.8, 4) is 11.8 Å². The monoisotopic (exact) mass is 267 g/mol. The Balaban J connectivity index is 2.33. The molecule has 0 aliphatic carbocycles. The van der Waals surface area contributed by atoms with Crippen LogP contribution in [0.5, 0.6) is 5.75 Å². The topological polar surface area (TPSA) is 100 Å². The van der Waals surface area contributed by atoms with E-state index in [1.54, 1.807) is 18.2 Å². The van der Waals surface area contributed by atoms with Gasteiger partial charge in [0, 0.05) is 12.3 Å². The molecular weight excluding hydrogens is 258 g/mol. The van der Waals surface area contributed by atoms with Gasteiger partial charge in [-0.1, -0.05) is 0 Å². The van der Waals surface area contributed by atoms with Gasteiger partial charge in [0.05, 0.1) is 21.7 Å². The Labute approximate surface area is 114 Å². The predicted molar refractivity (Wildman–Crippen MR) is 72.6 cm³/mol. The van der Waals surface area contributed by atoms with Crippen LogP contribution >= 0.6 is 0 Å². The maximum absolute atomic E-state index is 10.9. The van der Waals surface area contributed by atoms with Crippen LogP contribution in [-0.2, 0) is 0 Å². The molecule has 0 saturated heterocycles. The van der Waals surface area contributed by atoms with Crippen molar-refractivity contribution in [1.29, 1.82) is 5.26 Å². The molecule has 1 N–H and O–H groups in total. The van der Waals surface area contributed by atoms with Gasteiger partial charge in [-0.05, 0) is 36.4 Å². The van der Waals surface area contributed by atoms with Crippen molar-refractivity contribution in [1.82, 2.24) is 4.98 Å². The van der Waals surface area contributed by atoms with Gasteiger partial charge in [-0.3, -0.25) is 15.1 Å². The van der Waals surface area contributed by atoms with Crippen LogP contribution in [0, 0.1) is 21.4 Å². The minimum absolute atomic E-state index is 0.0527. The lowest BCUT2D eigenvalue weighted by Gasteiger charge is -1.99. The van der Waals surface area contributed by atoms with E-state index in [1.165, 1.54) is 30.5 Å². The van der Waals surface area contributed by atoms with Crippen molar-refractivity contribution in [3.63, 3.8) is 0 Å². The quantitative estimate of drug-likeness (QED) is 0.680. The molecule has 0 aliphatic heterocycles. The number of nitriles is 1. The van der Waals surface area contributed by atoms with E-state index >= 15 is 0 Å². The molecule has 20 heavy (non-hydrogen) atoms. The molecule has 0 saturated carbocycles. The fourth-order valence-corrected chi connectivity index (χ4v) is 1.59. The van der Waals surface area contributed by atoms with Gasteiger partial charge in [0.25, 0.3) is 5.69 Å². The Hall–Kier alpha value is -3.20. The molecule has 6 heteroatoms. The summed E-state index contributed by atoms with van der Waals surface area (Å²) in [5.41, 5.74) is 1.17. The highest BCUT2D eigenvalue weighted by Crippen LogP contribution is 2.25. The summed E-state index contributed by atoms with van der Waals surface area (Å²) in [6, 6.07) is 8.98. The van der Waals surface area contributed by atoms with Gasteiger partial charge in [-0.25, -0.2) is 0 Å². The largest absolute Gasteiger partial charge is 0.508 e. The molecule has 0 fully saturated rings. The van der Waals surface area contributed by atoms with Crippen molar-refractivity contribution >= 4 is 17.8 Å². The van der Waals surface area contributed by atoms with Crippen LogP contribution in [0.3, 0.4) is 0 Å². The normalized spacial score (nSPS) is 10.3. The van der Waals surface area contributed by atoms with E-state index in [4.69, 9.17) is 5.26 Å². The van der Waals surface area contributed by atoms with E-state index in [-0.39, 0.29) is 17.0 Å². The molecule has 0 amide bonds. The van der Waals surface area contributed by atoms with Crippen LogP contribution in [-0.4, -0.2) is 15.0 Å². The first kappa shape index (κ1) is 13.2. The molecule has 0 aliphatic rings. The van der Waals surface area contributed by atoms with Gasteiger partial charge >= 0.3 is 0 Å². The van der Waals surface area contributed by atoms with Crippen molar-refractivity contribution in [2.45, 2.75) is 0 Å². The Morgan fingerprint density at radius 1 is 1.30 bits per heavy atom. The first-order valence-corrected chi connectivity index (χ1v) is 5.62. The number of phenolic OH excluding ortho intramolecular Hbond substituents is 1. The second-order valence-electron chi connectivity index (χ2n) is 3.92. The molecule has 6 nitrogen and oxygen atoms in total. The van der Waals surface area contributed by atoms with Crippen LogP contribution in [0.25, 0.3) is 12.2 Å². The van der Waals surface area contributed by atoms with E-state index in [0.717, 1.165) is 0 Å². The molecule has 0 bridgehead atoms. The van der Waals surface area contributed by atoms with Gasteiger partial charge in [0.1, 0.15) is 11.8 Å². The van der Waals surface area contributed by atoms with Gasteiger partial charge in [0.2, 0.25) is 0 Å². The molecule has 0 atom stereocenters. The minimum Gasteiger partial charge on any atom is -0.508 e. The number of hydrogen-bond acceptors (Lipinski definition) is 5. The van der Waals surface area contributed by atoms with Crippen LogP contribution in [0.4, 0.5) is 5.69 Å². The second-order valence-corrected chi connectivity index (χ2v) is 3.92. The summed E-state index contributed by atoms with van der Waals surface area (Å²) in [6.45, 7) is 0. The van der Waals surface area contributed by atoms with E-state index in [0.29, 0.717) is 11.3 Å². The fraction of sp³-hybridized carbons (Fsp3) is 0. The average Bonchev–Trinajstić information content (AvgIpc) is 2.45. The first-order valence-electron chi connectivity index (χ1n) is 5.62. The molecule has 0 spiro atoms. The Morgan fingerprint density at radius 2 is 2.10 bits per heavy atom. The Bertz CT molecular complexity index is 715. The smallest absolute Gasteiger partial charge is 0.276 e. The van der Waals surface area contributed by atoms with E-state index < -0.39 is 4.92 Å². The maximum Gasteiger partial charge on any atom is 0.276 e. The standard InChI is InChI=1S/C14H9N3O3/c15-8-10-1-3-12(16-9-10)4-2-11-7-13(18)5-6-14(11)17(19)20/h1-7,9,18H. The molecule has 0 radical (unpaired) electrons. The third-order valence-corrected chi connectivity index (χ3v) is 2.56. The van der Waals surface area contributed by atoms with Crippen molar-refractivity contribution in [2.75, 3.05) is 0 Å². The maximum atomic E-state index is 10.9. The number of aromatic hydroxyl groups is 1. The summed E-state index contributed by atoms with van der Waals surface area (Å²) in [7, 11) is 0. The number of aromatic nitrogens is 1. The van der Waals surface area contributed by atoms with Crippen LogP contribution in [0.1, 0.15) is 16.8 Å². The van der Waals surface area contributed by atoms with Crippen molar-refractivity contribution in [2.24, 2.45) is 0 Å². The third kappa shape index (κ3) is 2.97. The first-order chi connectivity index (χ1) is 9.60. The number of nitro benzene ring substituents is 1. The molecule has 2 aromatic rings. The van der Waals surface area contributed by atoms with Gasteiger partial charge in [-0.15, -0.1) is 0 Å². The number of nitro groups is 1. The van der Waals surface area contributed by atoms with Crippen molar-refractivity contribution < 1.29 is 10.0 Å². The lowest BCUT2D eigenvalue weighted by Crippen LogP contribution is -1.91. The molecule has 0 unspecified atom stereocenters. The van der Waals surface area contributed by atoms with Gasteiger partial charge < -0.3 is 5.11 Å². The second kappa shape index (κ2) is 5.63. The third-order valence-electron chi connectivity index (χ3n) is 2.56. The lowest BCUT2D eigenvalue weighted by atomic mass is 10.1. The Kier molecular flexibility index (Phi) is 3.72. The SMILES string of the molecule is N#Cc1ccc(C=Cc2cc(O)ccc2[N+](=O)[O-])nc1. The highest BCUT2D eigenvalue weighted by molar-refractivity contribution is 5.73. The summed E-state index contributed by atoms with van der Waals surface area (Å²) in [4.78, 5) is 14.4. The number of nitrogens with zero attached hydrogens (tertiary/aromatic N) is 3. The molecule has 98 valence electrons. The fourth-order valence-electron chi connectivity index (χ4n) is 1.59. The molecule has 1 aromatic carbocycles. The Morgan fingerprint density at radius 3 is 2.70 bits per heavy atom. The molecular formula is C14H9N3O3. The summed E-state index contributed by atoms with van der Waals surface area (Å²) in [5.74, 6) is -0.0527. The number of hydrogen-bond donors (Lipinski definition) is 1. The van der Waals surface area contributed by atoms with Crippen LogP contribution < -0.4 is 0 Å². The number of pyridine rings is 1. The summed E-state index contributed by atoms with van der Waals surface area (Å²) < 4.78 is 0. The number of phenols is 1. The number of benzene rings is 1. The summed E-state index contributed by atoms with van der Waals surface area (Å²) >= 11 is 0. The van der Waals surface area contributed by atoms with Crippen molar-refractivity contribution in [3.05, 3.63) is 63.5 Å². The summed E-state index contributed by atoms with van der Waals surface area (Å²) in [5, 5.41) is 28.9. The minimum atomic E-state index is -0.522. The zero-order valence-corrected chi connectivity index (χ0v) is 10.2. The van der Waals surface area contributed by atoms with Crippen LogP contribution in [0.2, 0.25) is 0 Å². The lowest BCUT2D eigenvalue weighted by molar-refractivity contribution is -0.385. The summed E-state index contributed by atoms with van der Waals surface area (Å²) in [6.07, 6.45) is 4.48. The van der Waals surface area contributed by atoms with E-state index in [9.17, 15) is 15.2 Å². The number of rotatable bonds is 3. The molecule has 2 rings (SSSR count). The van der Waals surface area contributed by atoms with Crippen LogP contribution in [0.15, 0.2) is 36.5 Å². The van der Waals surface area contributed by atoms with E-state index in [2.05, 4.69) is 4.98 Å². The zero-order valence-electron chi connectivity index (χ0n) is 10.2. The van der Waals surface area contributed by atoms with Gasteiger partial charge in [0.15, 0.2) is 0 Å². The average molecular weight is 267 g/mol. The zero-order chi connectivity index (χ0) is 14.5. The highest BCUT2D eigenvalue weighted by Gasteiger charge is 2.11. The van der Waals surface area contributed by atoms with E-state index in [1.807, 2.05) is 6.07 Å². The highest BCUT2D eigenvalue weighted by atomic mass is 16.6. The van der Waals surface area contributed by atoms with Gasteiger partial charge in [-0.2, -0.15) is 5.26 Å². The molecule has 1 aromatic heterocycles. The molecule has 1 heterocycles. The predicted octanol–water partition coefficient (Wildman–Crippen LogP) is 2.74.